The summed E-state index contributed by atoms with van der Waals surface area (Å²) in [6.07, 6.45) is -0.100. The summed E-state index contributed by atoms with van der Waals surface area (Å²) < 4.78 is 0. The third kappa shape index (κ3) is 2.30. The molecule has 1 aliphatic heterocycles. The van der Waals surface area contributed by atoms with Gasteiger partial charge in [-0.3, -0.25) is 4.79 Å². The Morgan fingerprint density at radius 2 is 1.94 bits per heavy atom. The molecule has 1 amide bonds. The molecule has 0 bridgehead atoms. The van der Waals surface area contributed by atoms with Gasteiger partial charge in [0, 0.05) is 10.0 Å². The monoisotopic (exact) mass is 261 g/mol. The van der Waals surface area contributed by atoms with Gasteiger partial charge in [0.1, 0.15) is 0 Å². The van der Waals surface area contributed by atoms with E-state index in [-0.39, 0.29) is 12.3 Å². The van der Waals surface area contributed by atoms with Crippen molar-refractivity contribution >= 4 is 34.8 Å². The SMILES string of the molecule is C[C@@]1(O)CC(=O)N(c2cc(Cl)cc(Cl)c2)O1. The van der Waals surface area contributed by atoms with E-state index in [0.29, 0.717) is 15.7 Å². The number of benzene rings is 1. The van der Waals surface area contributed by atoms with Crippen LogP contribution >= 0.6 is 23.2 Å². The van der Waals surface area contributed by atoms with Crippen molar-refractivity contribution in [2.24, 2.45) is 0 Å². The van der Waals surface area contributed by atoms with Gasteiger partial charge in [-0.05, 0) is 25.1 Å². The van der Waals surface area contributed by atoms with E-state index >= 15 is 0 Å². The molecule has 0 spiro atoms. The zero-order valence-corrected chi connectivity index (χ0v) is 9.92. The van der Waals surface area contributed by atoms with E-state index < -0.39 is 5.79 Å². The number of carbonyl (C=O) groups excluding carboxylic acids is 1. The molecule has 1 fully saturated rings. The Morgan fingerprint density at radius 1 is 1.38 bits per heavy atom. The summed E-state index contributed by atoms with van der Waals surface area (Å²) in [6.45, 7) is 1.41. The highest BCUT2D eigenvalue weighted by atomic mass is 35.5. The van der Waals surface area contributed by atoms with Crippen molar-refractivity contribution in [3.63, 3.8) is 0 Å². The molecule has 1 aromatic rings. The Kier molecular flexibility index (Phi) is 2.84. The number of anilines is 1. The quantitative estimate of drug-likeness (QED) is 0.845. The average molecular weight is 262 g/mol. The smallest absolute Gasteiger partial charge is 0.256 e. The lowest BCUT2D eigenvalue weighted by Gasteiger charge is -2.19. The topological polar surface area (TPSA) is 49.8 Å². The van der Waals surface area contributed by atoms with Crippen LogP contribution in [0.25, 0.3) is 0 Å². The van der Waals surface area contributed by atoms with Crippen LogP contribution in [0.3, 0.4) is 0 Å². The fourth-order valence-electron chi connectivity index (χ4n) is 1.49. The maximum absolute atomic E-state index is 11.6. The summed E-state index contributed by atoms with van der Waals surface area (Å²) in [7, 11) is 0. The first kappa shape index (κ1) is 11.7. The second kappa shape index (κ2) is 3.89. The van der Waals surface area contributed by atoms with Gasteiger partial charge in [0.2, 0.25) is 0 Å². The summed E-state index contributed by atoms with van der Waals surface area (Å²) >= 11 is 11.6. The second-order valence-corrected chi connectivity index (χ2v) is 4.63. The summed E-state index contributed by atoms with van der Waals surface area (Å²) in [5, 5.41) is 11.4. The fourth-order valence-corrected chi connectivity index (χ4v) is 2.00. The molecule has 4 nitrogen and oxygen atoms in total. The number of halogens is 2. The molecule has 0 unspecified atom stereocenters. The molecule has 1 heterocycles. The van der Waals surface area contributed by atoms with Gasteiger partial charge in [-0.15, -0.1) is 0 Å². The number of nitrogens with zero attached hydrogens (tertiary/aromatic N) is 1. The normalized spacial score (nSPS) is 25.2. The molecule has 1 saturated heterocycles. The lowest BCUT2D eigenvalue weighted by molar-refractivity contribution is -0.163. The van der Waals surface area contributed by atoms with Crippen LogP contribution in [-0.4, -0.2) is 16.8 Å². The molecule has 0 saturated carbocycles. The summed E-state index contributed by atoms with van der Waals surface area (Å²) in [6, 6.07) is 4.62. The van der Waals surface area contributed by atoms with Crippen molar-refractivity contribution < 1.29 is 14.7 Å². The van der Waals surface area contributed by atoms with E-state index in [9.17, 15) is 9.90 Å². The number of aliphatic hydroxyl groups is 1. The van der Waals surface area contributed by atoms with Crippen LogP contribution < -0.4 is 5.06 Å². The molecular weight excluding hydrogens is 253 g/mol. The molecule has 1 N–H and O–H groups in total. The van der Waals surface area contributed by atoms with Gasteiger partial charge in [0.05, 0.1) is 12.1 Å². The van der Waals surface area contributed by atoms with Gasteiger partial charge in [-0.1, -0.05) is 23.2 Å². The minimum Gasteiger partial charge on any atom is -0.363 e. The van der Waals surface area contributed by atoms with Crippen molar-refractivity contribution in [1.82, 2.24) is 0 Å². The van der Waals surface area contributed by atoms with E-state index in [4.69, 9.17) is 28.0 Å². The largest absolute Gasteiger partial charge is 0.363 e. The van der Waals surface area contributed by atoms with Gasteiger partial charge in [0.15, 0.2) is 5.79 Å². The molecular formula is C10H9Cl2NO3. The molecule has 2 rings (SSSR count). The molecule has 0 radical (unpaired) electrons. The van der Waals surface area contributed by atoms with Gasteiger partial charge >= 0.3 is 0 Å². The first-order chi connectivity index (χ1) is 7.37. The van der Waals surface area contributed by atoms with E-state index in [1.54, 1.807) is 6.07 Å². The number of hydroxylamine groups is 1. The highest BCUT2D eigenvalue weighted by Crippen LogP contribution is 2.32. The predicted molar refractivity (Wildman–Crippen MR) is 60.3 cm³/mol. The first-order valence-corrected chi connectivity index (χ1v) is 5.33. The first-order valence-electron chi connectivity index (χ1n) is 4.58. The third-order valence-corrected chi connectivity index (χ3v) is 2.51. The summed E-state index contributed by atoms with van der Waals surface area (Å²) in [4.78, 5) is 16.6. The standard InChI is InChI=1S/C10H9Cl2NO3/c1-10(15)5-9(14)13(16-10)8-3-6(11)2-7(12)4-8/h2-4,15H,5H2,1H3/t10-/m0/s1. The van der Waals surface area contributed by atoms with Crippen molar-refractivity contribution in [1.29, 1.82) is 0 Å². The number of hydrogen-bond donors (Lipinski definition) is 1. The van der Waals surface area contributed by atoms with Crippen LogP contribution in [0.4, 0.5) is 5.69 Å². The van der Waals surface area contributed by atoms with Crippen molar-refractivity contribution in [3.8, 4) is 0 Å². The van der Waals surface area contributed by atoms with E-state index in [2.05, 4.69) is 0 Å². The highest BCUT2D eigenvalue weighted by Gasteiger charge is 2.40. The van der Waals surface area contributed by atoms with Gasteiger partial charge in [-0.25, -0.2) is 4.84 Å². The number of carbonyl (C=O) groups is 1. The van der Waals surface area contributed by atoms with Crippen LogP contribution in [0.2, 0.25) is 10.0 Å². The summed E-state index contributed by atoms with van der Waals surface area (Å²) in [5.41, 5.74) is 0.403. The Balaban J connectivity index is 2.35. The minimum atomic E-state index is -1.48. The Morgan fingerprint density at radius 3 is 2.38 bits per heavy atom. The Hall–Kier alpha value is -0.810. The number of rotatable bonds is 1. The molecule has 1 aliphatic rings. The van der Waals surface area contributed by atoms with E-state index in [1.807, 2.05) is 0 Å². The molecule has 0 aliphatic carbocycles. The van der Waals surface area contributed by atoms with Gasteiger partial charge in [-0.2, -0.15) is 5.06 Å². The van der Waals surface area contributed by atoms with Gasteiger partial charge in [0.25, 0.3) is 5.91 Å². The lowest BCUT2D eigenvalue weighted by atomic mass is 10.2. The van der Waals surface area contributed by atoms with Crippen LogP contribution in [0.15, 0.2) is 18.2 Å². The van der Waals surface area contributed by atoms with Crippen molar-refractivity contribution in [3.05, 3.63) is 28.2 Å². The molecule has 0 aromatic heterocycles. The maximum Gasteiger partial charge on any atom is 0.256 e. The minimum absolute atomic E-state index is 0.100. The zero-order valence-electron chi connectivity index (χ0n) is 8.41. The Bertz CT molecular complexity index is 427. The second-order valence-electron chi connectivity index (χ2n) is 3.76. The number of hydrogen-bond acceptors (Lipinski definition) is 3. The van der Waals surface area contributed by atoms with Crippen LogP contribution in [0, 0.1) is 0 Å². The molecule has 1 aromatic carbocycles. The van der Waals surface area contributed by atoms with Crippen LogP contribution in [0.1, 0.15) is 13.3 Å². The van der Waals surface area contributed by atoms with Crippen LogP contribution in [-0.2, 0) is 9.63 Å². The predicted octanol–water partition coefficient (Wildman–Crippen LogP) is 2.37. The fraction of sp³-hybridized carbons (Fsp3) is 0.300. The van der Waals surface area contributed by atoms with E-state index in [0.717, 1.165) is 5.06 Å². The zero-order chi connectivity index (χ0) is 11.9. The van der Waals surface area contributed by atoms with Crippen molar-refractivity contribution in [2.75, 3.05) is 5.06 Å². The molecule has 1 atom stereocenters. The Labute approximate surface area is 102 Å². The third-order valence-electron chi connectivity index (χ3n) is 2.08. The molecule has 86 valence electrons. The van der Waals surface area contributed by atoms with Crippen molar-refractivity contribution in [2.45, 2.75) is 19.1 Å². The number of amides is 1. The maximum atomic E-state index is 11.6. The van der Waals surface area contributed by atoms with Gasteiger partial charge < -0.3 is 5.11 Å². The van der Waals surface area contributed by atoms with E-state index in [1.165, 1.54) is 19.1 Å². The lowest BCUT2D eigenvalue weighted by Crippen LogP contribution is -2.27. The summed E-state index contributed by atoms with van der Waals surface area (Å²) in [5.74, 6) is -1.82. The highest BCUT2D eigenvalue weighted by molar-refractivity contribution is 6.35. The molecule has 6 heteroatoms. The van der Waals surface area contributed by atoms with Crippen LogP contribution in [0.5, 0.6) is 0 Å². The molecule has 16 heavy (non-hydrogen) atoms. The average Bonchev–Trinajstić information content (AvgIpc) is 2.38.